The Balaban J connectivity index is 1.81. The third-order valence-electron chi connectivity index (χ3n) is 4.24. The monoisotopic (exact) mass is 447 g/mol. The fourth-order valence-corrected chi connectivity index (χ4v) is 3.77. The highest BCUT2D eigenvalue weighted by Crippen LogP contribution is 2.23. The van der Waals surface area contributed by atoms with Crippen molar-refractivity contribution in [1.82, 2.24) is 19.5 Å². The van der Waals surface area contributed by atoms with Crippen LogP contribution in [0.2, 0.25) is 0 Å². The van der Waals surface area contributed by atoms with Crippen LogP contribution in [0.4, 0.5) is 5.13 Å². The van der Waals surface area contributed by atoms with E-state index in [9.17, 15) is 13.2 Å². The van der Waals surface area contributed by atoms with E-state index in [1.807, 2.05) is 51.1 Å². The lowest BCUT2D eigenvalue weighted by Gasteiger charge is -2.14. The largest absolute Gasteiger partial charge is 0.296 e. The summed E-state index contributed by atoms with van der Waals surface area (Å²) in [5, 5.41) is 9.56. The van der Waals surface area contributed by atoms with Gasteiger partial charge < -0.3 is 0 Å². The van der Waals surface area contributed by atoms with Gasteiger partial charge in [-0.1, -0.05) is 51.1 Å². The summed E-state index contributed by atoms with van der Waals surface area (Å²) in [6.07, 6.45) is 1.09. The third-order valence-corrected chi connectivity index (χ3v) is 5.72. The molecule has 0 aliphatic rings. The molecule has 0 saturated heterocycles. The number of carbonyl (C=O) groups is 1. The van der Waals surface area contributed by atoms with Crippen LogP contribution in [0.25, 0.3) is 0 Å². The highest BCUT2D eigenvalue weighted by atomic mass is 32.2. The lowest BCUT2D eigenvalue weighted by atomic mass is 9.92. The molecule has 0 atom stereocenters. The van der Waals surface area contributed by atoms with Crippen LogP contribution in [0.3, 0.4) is 0 Å². The molecule has 2 heterocycles. The average molecular weight is 448 g/mol. The van der Waals surface area contributed by atoms with Crippen LogP contribution < -0.4 is 10.0 Å². The molecule has 0 spiro atoms. The van der Waals surface area contributed by atoms with Crippen molar-refractivity contribution >= 4 is 32.4 Å². The van der Waals surface area contributed by atoms with E-state index in [1.54, 1.807) is 16.1 Å². The number of benzene rings is 1. The maximum absolute atomic E-state index is 13.0. The molecule has 0 aliphatic carbocycles. The van der Waals surface area contributed by atoms with E-state index in [2.05, 4.69) is 20.1 Å². The van der Waals surface area contributed by atoms with Gasteiger partial charge in [0, 0.05) is 10.8 Å². The number of rotatable bonds is 7. The minimum Gasteiger partial charge on any atom is -0.296 e. The van der Waals surface area contributed by atoms with Crippen LogP contribution in [0.1, 0.15) is 48.2 Å². The molecule has 0 saturated carbocycles. The summed E-state index contributed by atoms with van der Waals surface area (Å²) in [6.45, 7) is 6.69. The first-order valence-electron chi connectivity index (χ1n) is 9.34. The second kappa shape index (κ2) is 8.66. The molecule has 1 amide bonds. The second-order valence-corrected chi connectivity index (χ2v) is 10.7. The number of thiazole rings is 1. The summed E-state index contributed by atoms with van der Waals surface area (Å²) in [7, 11) is -3.31. The van der Waals surface area contributed by atoms with Crippen molar-refractivity contribution < 1.29 is 13.2 Å². The fraction of sp³-hybridized carbons (Fsp3) is 0.350. The van der Waals surface area contributed by atoms with Crippen LogP contribution in [-0.2, 0) is 28.5 Å². The van der Waals surface area contributed by atoms with E-state index in [4.69, 9.17) is 0 Å². The van der Waals surface area contributed by atoms with Crippen LogP contribution in [-0.4, -0.2) is 35.3 Å². The summed E-state index contributed by atoms with van der Waals surface area (Å²) >= 11 is 1.24. The Kier molecular flexibility index (Phi) is 6.39. The molecule has 0 unspecified atom stereocenters. The van der Waals surface area contributed by atoms with E-state index in [-0.39, 0.29) is 17.9 Å². The van der Waals surface area contributed by atoms with Crippen LogP contribution >= 0.6 is 11.3 Å². The summed E-state index contributed by atoms with van der Waals surface area (Å²) in [4.78, 5) is 17.3. The molecule has 2 aromatic heterocycles. The molecule has 30 heavy (non-hydrogen) atoms. The van der Waals surface area contributed by atoms with E-state index in [1.165, 1.54) is 11.3 Å². The first-order chi connectivity index (χ1) is 14.0. The zero-order valence-corrected chi connectivity index (χ0v) is 19.0. The lowest BCUT2D eigenvalue weighted by molar-refractivity contribution is 0.101. The van der Waals surface area contributed by atoms with Gasteiger partial charge in [0.2, 0.25) is 10.0 Å². The van der Waals surface area contributed by atoms with E-state index < -0.39 is 10.0 Å². The zero-order valence-electron chi connectivity index (χ0n) is 17.3. The van der Waals surface area contributed by atoms with Gasteiger partial charge in [-0.2, -0.15) is 5.10 Å². The Morgan fingerprint density at radius 2 is 1.90 bits per heavy atom. The third kappa shape index (κ3) is 5.97. The summed E-state index contributed by atoms with van der Waals surface area (Å²) in [5.41, 5.74) is 2.63. The van der Waals surface area contributed by atoms with Gasteiger partial charge in [-0.15, -0.1) is 11.3 Å². The van der Waals surface area contributed by atoms with Gasteiger partial charge >= 0.3 is 0 Å². The van der Waals surface area contributed by atoms with Crippen LogP contribution in [0.15, 0.2) is 41.8 Å². The topological polar surface area (TPSA) is 106 Å². The molecule has 0 bridgehead atoms. The molecule has 0 aliphatic heterocycles. The van der Waals surface area contributed by atoms with E-state index in [0.717, 1.165) is 17.5 Å². The molecule has 0 fully saturated rings. The minimum atomic E-state index is -3.31. The number of anilines is 1. The molecule has 10 heteroatoms. The first kappa shape index (κ1) is 22.1. The predicted octanol–water partition coefficient (Wildman–Crippen LogP) is 2.99. The quantitative estimate of drug-likeness (QED) is 0.579. The van der Waals surface area contributed by atoms with Crippen LogP contribution in [0.5, 0.6) is 0 Å². The Morgan fingerprint density at radius 3 is 2.53 bits per heavy atom. The van der Waals surface area contributed by atoms with Crippen molar-refractivity contribution in [2.45, 2.75) is 39.3 Å². The molecule has 8 nitrogen and oxygen atoms in total. The Labute approximate surface area is 180 Å². The van der Waals surface area contributed by atoms with Gasteiger partial charge in [-0.25, -0.2) is 18.1 Å². The highest BCUT2D eigenvalue weighted by Gasteiger charge is 2.23. The zero-order chi connectivity index (χ0) is 21.9. The van der Waals surface area contributed by atoms with Crippen molar-refractivity contribution in [3.05, 3.63) is 64.4 Å². The van der Waals surface area contributed by atoms with Crippen molar-refractivity contribution in [1.29, 1.82) is 0 Å². The van der Waals surface area contributed by atoms with Gasteiger partial charge in [0.05, 0.1) is 30.7 Å². The summed E-state index contributed by atoms with van der Waals surface area (Å²) in [5.74, 6) is -0.314. The van der Waals surface area contributed by atoms with Crippen molar-refractivity contribution in [2.24, 2.45) is 0 Å². The normalized spacial score (nSPS) is 12.1. The number of amides is 1. The van der Waals surface area contributed by atoms with Gasteiger partial charge in [-0.05, 0) is 11.6 Å². The number of hydrogen-bond donors (Lipinski definition) is 2. The molecular weight excluding hydrogens is 422 g/mol. The number of nitrogens with one attached hydrogen (secondary N) is 2. The Hall–Kier alpha value is -2.56. The average Bonchev–Trinajstić information content (AvgIpc) is 3.27. The minimum absolute atomic E-state index is 0.0747. The molecule has 3 rings (SSSR count). The Bertz CT molecular complexity index is 1130. The van der Waals surface area contributed by atoms with Crippen molar-refractivity contribution in [2.75, 3.05) is 11.6 Å². The Morgan fingerprint density at radius 1 is 1.20 bits per heavy atom. The molecule has 160 valence electrons. The van der Waals surface area contributed by atoms with Crippen LogP contribution in [0, 0.1) is 0 Å². The molecule has 3 aromatic rings. The number of hydrogen-bond acceptors (Lipinski definition) is 6. The fourth-order valence-electron chi connectivity index (χ4n) is 2.65. The molecule has 1 aromatic carbocycles. The van der Waals surface area contributed by atoms with Gasteiger partial charge in [0.15, 0.2) is 5.13 Å². The summed E-state index contributed by atoms with van der Waals surface area (Å²) < 4.78 is 26.5. The van der Waals surface area contributed by atoms with E-state index >= 15 is 0 Å². The maximum Gasteiger partial charge on any atom is 0.275 e. The first-order valence-corrected chi connectivity index (χ1v) is 12.1. The van der Waals surface area contributed by atoms with Crippen molar-refractivity contribution in [3.8, 4) is 0 Å². The maximum atomic E-state index is 13.0. The number of carbonyl (C=O) groups excluding carboxylic acids is 1. The number of aromatic nitrogens is 3. The molecule has 2 N–H and O–H groups in total. The van der Waals surface area contributed by atoms with Gasteiger partial charge in [-0.3, -0.25) is 14.8 Å². The SMILES string of the molecule is CC(C)(C)c1cc(C(=O)Nc2nc(CNS(C)(=O)=O)cs2)n(Cc2ccccc2)n1. The smallest absolute Gasteiger partial charge is 0.275 e. The van der Waals surface area contributed by atoms with Gasteiger partial charge in [0.25, 0.3) is 5.91 Å². The lowest BCUT2D eigenvalue weighted by Crippen LogP contribution is -2.21. The second-order valence-electron chi connectivity index (χ2n) is 8.00. The van der Waals surface area contributed by atoms with Gasteiger partial charge in [0.1, 0.15) is 5.69 Å². The van der Waals surface area contributed by atoms with Crippen molar-refractivity contribution in [3.63, 3.8) is 0 Å². The number of sulfonamides is 1. The molecule has 0 radical (unpaired) electrons. The van der Waals surface area contributed by atoms with E-state index in [0.29, 0.717) is 23.1 Å². The highest BCUT2D eigenvalue weighted by molar-refractivity contribution is 7.88. The molecular formula is C20H25N5O3S2. The predicted molar refractivity (Wildman–Crippen MR) is 118 cm³/mol. The summed E-state index contributed by atoms with van der Waals surface area (Å²) in [6, 6.07) is 11.6. The number of nitrogens with zero attached hydrogens (tertiary/aromatic N) is 3. The standard InChI is InChI=1S/C20H25N5O3S2/c1-20(2,3)17-10-16(25(24-17)12-14-8-6-5-7-9-14)18(26)23-19-22-15(13-29-19)11-21-30(4,27)28/h5-10,13,21H,11-12H2,1-4H3,(H,22,23,26).